The van der Waals surface area contributed by atoms with Crippen molar-refractivity contribution >= 4 is 56.6 Å². The number of sulfonamides is 1. The van der Waals surface area contributed by atoms with Crippen molar-refractivity contribution < 1.29 is 13.2 Å². The van der Waals surface area contributed by atoms with Crippen LogP contribution < -0.4 is 9.62 Å². The summed E-state index contributed by atoms with van der Waals surface area (Å²) in [5.41, 5.74) is 1.53. The molecule has 0 spiro atoms. The number of thioether (sulfide) groups is 1. The van der Waals surface area contributed by atoms with Crippen LogP contribution in [0, 0.1) is 0 Å². The molecule has 2 rings (SSSR count). The van der Waals surface area contributed by atoms with Gasteiger partial charge in [-0.2, -0.15) is 11.8 Å². The average Bonchev–Trinajstić information content (AvgIpc) is 2.68. The van der Waals surface area contributed by atoms with Gasteiger partial charge in [0.25, 0.3) is 0 Å². The quantitative estimate of drug-likeness (QED) is 0.511. The third kappa shape index (κ3) is 7.10. The maximum Gasteiger partial charge on any atom is 0.243 e. The number of rotatable bonds is 10. The van der Waals surface area contributed by atoms with Gasteiger partial charge in [0.2, 0.25) is 15.9 Å². The van der Waals surface area contributed by atoms with Crippen molar-refractivity contribution in [3.05, 3.63) is 64.1 Å². The van der Waals surface area contributed by atoms with E-state index in [-0.39, 0.29) is 5.91 Å². The lowest BCUT2D eigenvalue weighted by Gasteiger charge is -2.30. The van der Waals surface area contributed by atoms with E-state index in [0.29, 0.717) is 34.5 Å². The molecule has 9 heteroatoms. The number of hydrogen-bond acceptors (Lipinski definition) is 4. The van der Waals surface area contributed by atoms with Crippen LogP contribution in [0.2, 0.25) is 10.0 Å². The van der Waals surface area contributed by atoms with Crippen molar-refractivity contribution in [1.82, 2.24) is 5.32 Å². The fraction of sp³-hybridized carbons (Fsp3) is 0.350. The summed E-state index contributed by atoms with van der Waals surface area (Å²) in [6.45, 7) is 2.23. The van der Waals surface area contributed by atoms with E-state index in [2.05, 4.69) is 5.32 Å². The highest BCUT2D eigenvalue weighted by atomic mass is 35.5. The first-order valence-electron chi connectivity index (χ1n) is 9.08. The molecular formula is C20H24Cl2N2O3S2. The van der Waals surface area contributed by atoms with Crippen LogP contribution in [0.4, 0.5) is 5.69 Å². The fourth-order valence-electron chi connectivity index (χ4n) is 2.82. The zero-order valence-corrected chi connectivity index (χ0v) is 19.4. The summed E-state index contributed by atoms with van der Waals surface area (Å²) in [6, 6.07) is 13.4. The molecule has 0 heterocycles. The molecule has 0 aromatic heterocycles. The zero-order valence-electron chi connectivity index (χ0n) is 16.3. The molecule has 0 unspecified atom stereocenters. The second-order valence-electron chi connectivity index (χ2n) is 6.41. The third-order valence-electron chi connectivity index (χ3n) is 4.14. The van der Waals surface area contributed by atoms with Crippen molar-refractivity contribution in [3.63, 3.8) is 0 Å². The van der Waals surface area contributed by atoms with Gasteiger partial charge in [-0.25, -0.2) is 8.42 Å². The van der Waals surface area contributed by atoms with E-state index < -0.39 is 16.1 Å². The molecule has 0 bridgehead atoms. The minimum atomic E-state index is -3.61. The highest BCUT2D eigenvalue weighted by Crippen LogP contribution is 2.25. The summed E-state index contributed by atoms with van der Waals surface area (Å²) in [4.78, 5) is 12.7. The summed E-state index contributed by atoms with van der Waals surface area (Å²) in [7, 11) is -3.61. The maximum atomic E-state index is 12.7. The number of carbonyl (C=O) groups excluding carboxylic acids is 1. The van der Waals surface area contributed by atoms with Gasteiger partial charge in [-0.1, -0.05) is 54.4 Å². The van der Waals surface area contributed by atoms with Crippen LogP contribution in [0.1, 0.15) is 18.9 Å². The van der Waals surface area contributed by atoms with Crippen molar-refractivity contribution in [2.45, 2.75) is 25.1 Å². The monoisotopic (exact) mass is 474 g/mol. The van der Waals surface area contributed by atoms with E-state index >= 15 is 0 Å². The molecule has 0 fully saturated rings. The van der Waals surface area contributed by atoms with Crippen molar-refractivity contribution in [2.24, 2.45) is 0 Å². The van der Waals surface area contributed by atoms with Gasteiger partial charge < -0.3 is 5.32 Å². The average molecular weight is 475 g/mol. The number of nitrogens with zero attached hydrogens (tertiary/aromatic N) is 1. The molecule has 0 radical (unpaired) electrons. The highest BCUT2D eigenvalue weighted by molar-refractivity contribution is 7.98. The Labute approximate surface area is 186 Å². The molecule has 5 nitrogen and oxygen atoms in total. The topological polar surface area (TPSA) is 66.5 Å². The van der Waals surface area contributed by atoms with Crippen LogP contribution in [-0.2, 0) is 20.6 Å². The Balaban J connectivity index is 1.92. The summed E-state index contributed by atoms with van der Waals surface area (Å²) in [6.07, 6.45) is 1.48. The SMILES string of the molecule is CC[C@H](C(=O)NCCSCc1ccc(Cl)c(Cl)c1)N(c1ccccc1)S(C)(=O)=O. The number of hydrogen-bond donors (Lipinski definition) is 1. The standard InChI is InChI=1S/C20H24Cl2N2O3S2/c1-3-19(24(29(2,26)27)16-7-5-4-6-8-16)20(25)23-11-12-28-14-15-9-10-17(21)18(22)13-15/h4-10,13,19H,3,11-12,14H2,1-2H3,(H,23,25)/t19-/m1/s1. The first-order valence-corrected chi connectivity index (χ1v) is 12.8. The predicted molar refractivity (Wildman–Crippen MR) is 123 cm³/mol. The minimum Gasteiger partial charge on any atom is -0.353 e. The Kier molecular flexibility index (Phi) is 9.14. The number of amides is 1. The van der Waals surface area contributed by atoms with Crippen LogP contribution in [-0.4, -0.2) is 38.9 Å². The van der Waals surface area contributed by atoms with Gasteiger partial charge in [0.15, 0.2) is 0 Å². The number of anilines is 1. The predicted octanol–water partition coefficient (Wildman–Crippen LogP) is 4.59. The van der Waals surface area contributed by atoms with Crippen molar-refractivity contribution in [1.29, 1.82) is 0 Å². The van der Waals surface area contributed by atoms with Crippen molar-refractivity contribution in [2.75, 3.05) is 22.9 Å². The Morgan fingerprint density at radius 2 is 1.83 bits per heavy atom. The Bertz CT molecular complexity index is 925. The number of nitrogens with one attached hydrogen (secondary N) is 1. The summed E-state index contributed by atoms with van der Waals surface area (Å²) >= 11 is 13.6. The lowest BCUT2D eigenvalue weighted by atomic mass is 10.2. The molecule has 1 atom stereocenters. The molecule has 0 aliphatic rings. The molecule has 0 saturated carbocycles. The Morgan fingerprint density at radius 1 is 1.14 bits per heavy atom. The smallest absolute Gasteiger partial charge is 0.243 e. The number of halogens is 2. The third-order valence-corrected chi connectivity index (χ3v) is 7.09. The molecule has 0 aliphatic carbocycles. The number of carbonyl (C=O) groups is 1. The van der Waals surface area contributed by atoms with E-state index in [1.165, 1.54) is 4.31 Å². The van der Waals surface area contributed by atoms with Gasteiger partial charge in [-0.15, -0.1) is 0 Å². The second-order valence-corrected chi connectivity index (χ2v) is 10.2. The van der Waals surface area contributed by atoms with Gasteiger partial charge in [0.1, 0.15) is 6.04 Å². The van der Waals surface area contributed by atoms with Crippen LogP contribution in [0.5, 0.6) is 0 Å². The van der Waals surface area contributed by atoms with Crippen LogP contribution in [0.15, 0.2) is 48.5 Å². The molecule has 0 aliphatic heterocycles. The van der Waals surface area contributed by atoms with E-state index in [9.17, 15) is 13.2 Å². The molecule has 158 valence electrons. The van der Waals surface area contributed by atoms with Crippen LogP contribution in [0.25, 0.3) is 0 Å². The van der Waals surface area contributed by atoms with Crippen molar-refractivity contribution in [3.8, 4) is 0 Å². The molecule has 0 saturated heterocycles. The van der Waals surface area contributed by atoms with Gasteiger partial charge >= 0.3 is 0 Å². The Hall–Kier alpha value is -1.41. The van der Waals surface area contributed by atoms with E-state index in [1.807, 2.05) is 12.1 Å². The first-order chi connectivity index (χ1) is 13.7. The minimum absolute atomic E-state index is 0.308. The summed E-state index contributed by atoms with van der Waals surface area (Å²) < 4.78 is 25.9. The lowest BCUT2D eigenvalue weighted by Crippen LogP contribution is -2.49. The van der Waals surface area contributed by atoms with Crippen LogP contribution >= 0.6 is 35.0 Å². The number of para-hydroxylation sites is 1. The normalized spacial score (nSPS) is 12.4. The zero-order chi connectivity index (χ0) is 21.4. The van der Waals surface area contributed by atoms with Gasteiger partial charge in [-0.3, -0.25) is 9.10 Å². The van der Waals surface area contributed by atoms with E-state index in [0.717, 1.165) is 17.6 Å². The van der Waals surface area contributed by atoms with E-state index in [4.69, 9.17) is 23.2 Å². The second kappa shape index (κ2) is 11.1. The van der Waals surface area contributed by atoms with Gasteiger partial charge in [-0.05, 0) is 36.2 Å². The maximum absolute atomic E-state index is 12.7. The molecule has 2 aromatic rings. The summed E-state index contributed by atoms with van der Waals surface area (Å²) in [5.74, 6) is 1.12. The fourth-order valence-corrected chi connectivity index (χ4v) is 5.16. The van der Waals surface area contributed by atoms with Crippen LogP contribution in [0.3, 0.4) is 0 Å². The van der Waals surface area contributed by atoms with E-state index in [1.54, 1.807) is 55.1 Å². The molecule has 1 N–H and O–H groups in total. The summed E-state index contributed by atoms with van der Waals surface area (Å²) in [5, 5.41) is 3.89. The molecule has 2 aromatic carbocycles. The highest BCUT2D eigenvalue weighted by Gasteiger charge is 2.31. The number of benzene rings is 2. The largest absolute Gasteiger partial charge is 0.353 e. The molecular weight excluding hydrogens is 451 g/mol. The first kappa shape index (κ1) is 23.9. The van der Waals surface area contributed by atoms with Gasteiger partial charge in [0.05, 0.1) is 22.0 Å². The lowest BCUT2D eigenvalue weighted by molar-refractivity contribution is -0.122. The van der Waals surface area contributed by atoms with Gasteiger partial charge in [0, 0.05) is 18.1 Å². The molecule has 29 heavy (non-hydrogen) atoms. The molecule has 1 amide bonds. The Morgan fingerprint density at radius 3 is 2.41 bits per heavy atom.